The molecule has 28 heavy (non-hydrogen) atoms. The lowest BCUT2D eigenvalue weighted by Gasteiger charge is -2.32. The molecule has 2 N–H and O–H groups in total. The predicted octanol–water partition coefficient (Wildman–Crippen LogP) is 2.78. The zero-order valence-corrected chi connectivity index (χ0v) is 16.2. The van der Waals surface area contributed by atoms with Crippen molar-refractivity contribution in [1.29, 1.82) is 0 Å². The molecule has 6 nitrogen and oxygen atoms in total. The Hall–Kier alpha value is -2.86. The van der Waals surface area contributed by atoms with Gasteiger partial charge in [-0.15, -0.1) is 0 Å². The van der Waals surface area contributed by atoms with Crippen LogP contribution in [0.1, 0.15) is 34.3 Å². The third-order valence-electron chi connectivity index (χ3n) is 6.03. The second-order valence-electron chi connectivity index (χ2n) is 7.97. The van der Waals surface area contributed by atoms with Gasteiger partial charge in [0.15, 0.2) is 0 Å². The summed E-state index contributed by atoms with van der Waals surface area (Å²) in [6.07, 6.45) is 3.17. The first-order valence-corrected chi connectivity index (χ1v) is 9.60. The molecule has 0 aromatic heterocycles. The van der Waals surface area contributed by atoms with Crippen molar-refractivity contribution in [3.63, 3.8) is 0 Å². The molecule has 6 heteroatoms. The van der Waals surface area contributed by atoms with Crippen molar-refractivity contribution in [1.82, 2.24) is 5.32 Å². The summed E-state index contributed by atoms with van der Waals surface area (Å²) in [5, 5.41) is 14.0. The van der Waals surface area contributed by atoms with Crippen molar-refractivity contribution in [2.24, 2.45) is 5.41 Å². The topological polar surface area (TPSA) is 72.9 Å². The molecule has 146 valence electrons. The zero-order chi connectivity index (χ0) is 19.9. The number of carbonyl (C=O) groups is 2. The number of fused-ring (bicyclic) bond motifs is 1. The maximum atomic E-state index is 12.8. The normalized spacial score (nSPS) is 20.6. The number of anilines is 2. The van der Waals surface area contributed by atoms with E-state index in [1.54, 1.807) is 18.2 Å². The molecule has 1 fully saturated rings. The van der Waals surface area contributed by atoms with Crippen LogP contribution in [0.2, 0.25) is 0 Å². The van der Waals surface area contributed by atoms with Crippen LogP contribution in [0.25, 0.3) is 0 Å². The van der Waals surface area contributed by atoms with Gasteiger partial charge in [-0.2, -0.15) is 5.06 Å². The lowest BCUT2D eigenvalue weighted by atomic mass is 9.70. The molecule has 0 unspecified atom stereocenters. The molecule has 1 atom stereocenters. The van der Waals surface area contributed by atoms with E-state index in [0.717, 1.165) is 49.0 Å². The van der Waals surface area contributed by atoms with Crippen LogP contribution in [0.3, 0.4) is 0 Å². The maximum absolute atomic E-state index is 12.8. The predicted molar refractivity (Wildman–Crippen MR) is 108 cm³/mol. The molecular weight excluding hydrogens is 354 g/mol. The van der Waals surface area contributed by atoms with Gasteiger partial charge in [0.05, 0.1) is 11.1 Å². The number of carbonyl (C=O) groups excluding carboxylic acids is 2. The van der Waals surface area contributed by atoms with E-state index in [-0.39, 0.29) is 11.3 Å². The first kappa shape index (κ1) is 18.5. The van der Waals surface area contributed by atoms with E-state index >= 15 is 0 Å². The van der Waals surface area contributed by atoms with Gasteiger partial charge in [0.2, 0.25) is 5.91 Å². The minimum Gasteiger partial charge on any atom is -0.378 e. The summed E-state index contributed by atoms with van der Waals surface area (Å²) < 4.78 is 0. The molecule has 4 rings (SSSR count). The Bertz CT molecular complexity index is 923. The highest BCUT2D eigenvalue weighted by Gasteiger charge is 2.44. The first-order valence-electron chi connectivity index (χ1n) is 9.60. The third-order valence-corrected chi connectivity index (χ3v) is 6.03. The van der Waals surface area contributed by atoms with Crippen LogP contribution in [0.4, 0.5) is 11.4 Å². The number of benzene rings is 2. The standard InChI is InChI=1S/C22H25N3O3/c1-24(2)18-5-7-19(8-6-18)25(28)20(26)16-3-4-17-14-22(10-9-15(17)13-16)11-12-23-21(22)27/h3-8,13,28H,9-12,14H2,1-2H3,(H,23,27)/t22-/m0/s1. The maximum Gasteiger partial charge on any atom is 0.281 e. The minimum atomic E-state index is -0.459. The number of hydrogen-bond acceptors (Lipinski definition) is 4. The molecule has 1 spiro atoms. The highest BCUT2D eigenvalue weighted by atomic mass is 16.5. The molecule has 1 heterocycles. The Kier molecular flexibility index (Phi) is 4.59. The molecule has 0 bridgehead atoms. The van der Waals surface area contributed by atoms with E-state index < -0.39 is 5.91 Å². The molecule has 0 saturated carbocycles. The Morgan fingerprint density at radius 3 is 2.39 bits per heavy atom. The molecule has 1 saturated heterocycles. The molecular formula is C22H25N3O3. The molecule has 2 aromatic rings. The van der Waals surface area contributed by atoms with Crippen LogP contribution < -0.4 is 15.3 Å². The quantitative estimate of drug-likeness (QED) is 0.635. The first-order chi connectivity index (χ1) is 13.4. The van der Waals surface area contributed by atoms with E-state index in [1.807, 2.05) is 43.3 Å². The highest BCUT2D eigenvalue weighted by Crippen LogP contribution is 2.41. The monoisotopic (exact) mass is 379 g/mol. The van der Waals surface area contributed by atoms with E-state index in [2.05, 4.69) is 5.32 Å². The zero-order valence-electron chi connectivity index (χ0n) is 16.2. The number of amides is 2. The van der Waals surface area contributed by atoms with Crippen LogP contribution in [-0.2, 0) is 17.6 Å². The van der Waals surface area contributed by atoms with Crippen LogP contribution in [0, 0.1) is 5.41 Å². The van der Waals surface area contributed by atoms with Gasteiger partial charge >= 0.3 is 0 Å². The molecule has 0 radical (unpaired) electrons. The highest BCUT2D eigenvalue weighted by molar-refractivity contribution is 6.04. The lowest BCUT2D eigenvalue weighted by Crippen LogP contribution is -2.36. The van der Waals surface area contributed by atoms with Crippen LogP contribution in [-0.4, -0.2) is 37.7 Å². The summed E-state index contributed by atoms with van der Waals surface area (Å²) in [6, 6.07) is 12.7. The van der Waals surface area contributed by atoms with Crippen molar-refractivity contribution >= 4 is 23.2 Å². The number of rotatable bonds is 3. The average Bonchev–Trinajstić information content (AvgIpc) is 3.06. The summed E-state index contributed by atoms with van der Waals surface area (Å²) in [5.74, 6) is -0.305. The molecule has 1 aliphatic carbocycles. The Morgan fingerprint density at radius 1 is 1.04 bits per heavy atom. The minimum absolute atomic E-state index is 0.154. The van der Waals surface area contributed by atoms with Gasteiger partial charge in [0.25, 0.3) is 5.91 Å². The number of hydroxylamine groups is 1. The van der Waals surface area contributed by atoms with Gasteiger partial charge in [0, 0.05) is 31.9 Å². The fraction of sp³-hybridized carbons (Fsp3) is 0.364. The number of nitrogens with one attached hydrogen (secondary N) is 1. The van der Waals surface area contributed by atoms with Crippen molar-refractivity contribution in [2.45, 2.75) is 25.7 Å². The fourth-order valence-electron chi connectivity index (χ4n) is 4.25. The fourth-order valence-corrected chi connectivity index (χ4v) is 4.25. The Morgan fingerprint density at radius 2 is 1.75 bits per heavy atom. The van der Waals surface area contributed by atoms with Crippen LogP contribution in [0.5, 0.6) is 0 Å². The summed E-state index contributed by atoms with van der Waals surface area (Å²) >= 11 is 0. The van der Waals surface area contributed by atoms with Gasteiger partial charge in [-0.25, -0.2) is 0 Å². The molecule has 1 aliphatic heterocycles. The Labute approximate surface area is 164 Å². The van der Waals surface area contributed by atoms with Gasteiger partial charge in [-0.3, -0.25) is 14.8 Å². The van der Waals surface area contributed by atoms with E-state index in [9.17, 15) is 14.8 Å². The van der Waals surface area contributed by atoms with Gasteiger partial charge in [-0.1, -0.05) is 6.07 Å². The summed E-state index contributed by atoms with van der Waals surface area (Å²) in [5.41, 5.74) is 3.80. The lowest BCUT2D eigenvalue weighted by molar-refractivity contribution is -0.128. The SMILES string of the molecule is CN(C)c1ccc(N(O)C(=O)c2ccc3c(c2)CC[C@]2(CCNC2=O)C3)cc1. The smallest absolute Gasteiger partial charge is 0.281 e. The molecule has 2 amide bonds. The van der Waals surface area contributed by atoms with E-state index in [1.165, 1.54) is 0 Å². The third kappa shape index (κ3) is 3.14. The molecule has 2 aromatic carbocycles. The van der Waals surface area contributed by atoms with Crippen LogP contribution >= 0.6 is 0 Å². The largest absolute Gasteiger partial charge is 0.378 e. The van der Waals surface area contributed by atoms with Crippen molar-refractivity contribution in [3.05, 3.63) is 59.2 Å². The second kappa shape index (κ2) is 6.95. The average molecular weight is 379 g/mol. The van der Waals surface area contributed by atoms with Crippen molar-refractivity contribution in [2.75, 3.05) is 30.6 Å². The summed E-state index contributed by atoms with van der Waals surface area (Å²) in [4.78, 5) is 26.9. The number of nitrogens with zero attached hydrogens (tertiary/aromatic N) is 2. The molecule has 2 aliphatic rings. The van der Waals surface area contributed by atoms with Gasteiger partial charge in [0.1, 0.15) is 0 Å². The van der Waals surface area contributed by atoms with Crippen molar-refractivity contribution < 1.29 is 14.8 Å². The van der Waals surface area contributed by atoms with Crippen molar-refractivity contribution in [3.8, 4) is 0 Å². The van der Waals surface area contributed by atoms with Gasteiger partial charge < -0.3 is 10.2 Å². The van der Waals surface area contributed by atoms with E-state index in [0.29, 0.717) is 16.3 Å². The Balaban J connectivity index is 1.54. The van der Waals surface area contributed by atoms with Gasteiger partial charge in [-0.05, 0) is 73.2 Å². The summed E-state index contributed by atoms with van der Waals surface area (Å²) in [6.45, 7) is 0.747. The second-order valence-corrected chi connectivity index (χ2v) is 7.97. The van der Waals surface area contributed by atoms with E-state index in [4.69, 9.17) is 0 Å². The number of hydrogen-bond donors (Lipinski definition) is 2. The number of aryl methyl sites for hydroxylation is 1. The summed E-state index contributed by atoms with van der Waals surface area (Å²) in [7, 11) is 3.87. The van der Waals surface area contributed by atoms with Crippen LogP contribution in [0.15, 0.2) is 42.5 Å².